The van der Waals surface area contributed by atoms with Gasteiger partial charge in [-0.1, -0.05) is 0 Å². The number of benzene rings is 1. The van der Waals surface area contributed by atoms with Gasteiger partial charge in [-0.3, -0.25) is 0 Å². The molecule has 1 N–H and O–H groups in total. The molecule has 2 aliphatic rings. The number of hydrogen-bond acceptors (Lipinski definition) is 4. The highest BCUT2D eigenvalue weighted by Gasteiger charge is 2.27. The van der Waals surface area contributed by atoms with Gasteiger partial charge in [-0.15, -0.1) is 0 Å². The Labute approximate surface area is 121 Å². The van der Waals surface area contributed by atoms with Crippen LogP contribution >= 0.6 is 0 Å². The molecule has 4 nitrogen and oxygen atoms in total. The fraction of sp³-hybridized carbons (Fsp3) is 0.625. The molecule has 2 heterocycles. The second kappa shape index (κ2) is 5.62. The van der Waals surface area contributed by atoms with Crippen molar-refractivity contribution in [2.75, 3.05) is 55.7 Å². The molecule has 2 saturated heterocycles. The summed E-state index contributed by atoms with van der Waals surface area (Å²) in [4.78, 5) is 4.87. The van der Waals surface area contributed by atoms with E-state index in [4.69, 9.17) is 4.74 Å². The number of ether oxygens (including phenoxy) is 1. The molecule has 1 aromatic rings. The first kappa shape index (κ1) is 13.7. The summed E-state index contributed by atoms with van der Waals surface area (Å²) in [6, 6.07) is 9.00. The average molecular weight is 275 g/mol. The minimum atomic E-state index is -0.0462. The lowest BCUT2D eigenvalue weighted by Gasteiger charge is -2.39. The fourth-order valence-corrected chi connectivity index (χ4v) is 3.03. The van der Waals surface area contributed by atoms with E-state index in [0.717, 1.165) is 45.9 Å². The maximum absolute atomic E-state index is 5.78. The number of piperazine rings is 1. The minimum Gasteiger partial charge on any atom is -0.372 e. The van der Waals surface area contributed by atoms with Crippen LogP contribution in [0.1, 0.15) is 13.8 Å². The summed E-state index contributed by atoms with van der Waals surface area (Å²) in [6.45, 7) is 11.4. The van der Waals surface area contributed by atoms with Crippen molar-refractivity contribution < 1.29 is 4.74 Å². The first-order valence-corrected chi connectivity index (χ1v) is 7.59. The summed E-state index contributed by atoms with van der Waals surface area (Å²) in [6.07, 6.45) is 0. The molecule has 0 radical (unpaired) electrons. The topological polar surface area (TPSA) is 27.7 Å². The molecular weight excluding hydrogens is 250 g/mol. The molecule has 1 aromatic carbocycles. The van der Waals surface area contributed by atoms with Crippen LogP contribution in [0.5, 0.6) is 0 Å². The van der Waals surface area contributed by atoms with Crippen molar-refractivity contribution >= 4 is 11.4 Å². The van der Waals surface area contributed by atoms with Gasteiger partial charge in [-0.05, 0) is 38.1 Å². The molecule has 4 heteroatoms. The molecule has 2 aliphatic heterocycles. The van der Waals surface area contributed by atoms with E-state index in [9.17, 15) is 0 Å². The van der Waals surface area contributed by atoms with Gasteiger partial charge in [0.1, 0.15) is 0 Å². The summed E-state index contributed by atoms with van der Waals surface area (Å²) >= 11 is 0. The van der Waals surface area contributed by atoms with E-state index < -0.39 is 0 Å². The Morgan fingerprint density at radius 1 is 0.950 bits per heavy atom. The molecule has 2 fully saturated rings. The summed E-state index contributed by atoms with van der Waals surface area (Å²) < 4.78 is 5.78. The van der Waals surface area contributed by atoms with Crippen LogP contribution in [0.4, 0.5) is 11.4 Å². The first-order chi connectivity index (χ1) is 9.64. The van der Waals surface area contributed by atoms with E-state index in [-0.39, 0.29) is 5.60 Å². The van der Waals surface area contributed by atoms with Gasteiger partial charge < -0.3 is 19.9 Å². The van der Waals surface area contributed by atoms with Crippen molar-refractivity contribution in [3.05, 3.63) is 24.3 Å². The molecule has 0 saturated carbocycles. The van der Waals surface area contributed by atoms with Gasteiger partial charge in [0.25, 0.3) is 0 Å². The Morgan fingerprint density at radius 3 is 2.15 bits per heavy atom. The summed E-state index contributed by atoms with van der Waals surface area (Å²) in [7, 11) is 0. The largest absolute Gasteiger partial charge is 0.372 e. The van der Waals surface area contributed by atoms with E-state index in [2.05, 4.69) is 53.2 Å². The lowest BCUT2D eigenvalue weighted by molar-refractivity contribution is -0.0276. The van der Waals surface area contributed by atoms with Crippen molar-refractivity contribution in [2.45, 2.75) is 19.4 Å². The van der Waals surface area contributed by atoms with Crippen molar-refractivity contribution in [3.63, 3.8) is 0 Å². The van der Waals surface area contributed by atoms with Crippen LogP contribution in [0, 0.1) is 0 Å². The van der Waals surface area contributed by atoms with Crippen molar-refractivity contribution in [3.8, 4) is 0 Å². The van der Waals surface area contributed by atoms with Gasteiger partial charge in [0.05, 0.1) is 12.2 Å². The fourth-order valence-electron chi connectivity index (χ4n) is 3.03. The predicted octanol–water partition coefficient (Wildman–Crippen LogP) is 1.71. The standard InChI is InChI=1S/C16H25N3O/c1-16(2)13-19(11-12-20-16)15-5-3-14(4-6-15)18-9-7-17-8-10-18/h3-6,17H,7-13H2,1-2H3. The van der Waals surface area contributed by atoms with E-state index in [1.54, 1.807) is 0 Å². The number of nitrogens with one attached hydrogen (secondary N) is 1. The number of hydrogen-bond donors (Lipinski definition) is 1. The molecule has 3 rings (SSSR count). The molecule has 20 heavy (non-hydrogen) atoms. The maximum atomic E-state index is 5.78. The molecule has 0 unspecified atom stereocenters. The molecule has 0 aliphatic carbocycles. The highest BCUT2D eigenvalue weighted by Crippen LogP contribution is 2.25. The van der Waals surface area contributed by atoms with Crippen LogP contribution in [0.3, 0.4) is 0 Å². The lowest BCUT2D eigenvalue weighted by Crippen LogP contribution is -2.48. The molecule has 0 bridgehead atoms. The van der Waals surface area contributed by atoms with Crippen molar-refractivity contribution in [1.82, 2.24) is 5.32 Å². The Kier molecular flexibility index (Phi) is 3.85. The third-order valence-electron chi connectivity index (χ3n) is 4.12. The van der Waals surface area contributed by atoms with Crippen LogP contribution in [0.25, 0.3) is 0 Å². The molecular formula is C16H25N3O. The van der Waals surface area contributed by atoms with E-state index in [0.29, 0.717) is 0 Å². The highest BCUT2D eigenvalue weighted by atomic mass is 16.5. The Morgan fingerprint density at radius 2 is 1.55 bits per heavy atom. The van der Waals surface area contributed by atoms with Crippen LogP contribution < -0.4 is 15.1 Å². The Balaban J connectivity index is 1.69. The number of rotatable bonds is 2. The van der Waals surface area contributed by atoms with Crippen LogP contribution in [-0.2, 0) is 4.74 Å². The minimum absolute atomic E-state index is 0.0462. The van der Waals surface area contributed by atoms with Gasteiger partial charge in [0, 0.05) is 50.6 Å². The number of anilines is 2. The van der Waals surface area contributed by atoms with Gasteiger partial charge >= 0.3 is 0 Å². The molecule has 110 valence electrons. The number of nitrogens with zero attached hydrogens (tertiary/aromatic N) is 2. The van der Waals surface area contributed by atoms with E-state index in [1.165, 1.54) is 11.4 Å². The Hall–Kier alpha value is -1.26. The molecule has 0 atom stereocenters. The van der Waals surface area contributed by atoms with Gasteiger partial charge in [0.2, 0.25) is 0 Å². The van der Waals surface area contributed by atoms with E-state index in [1.807, 2.05) is 0 Å². The Bertz CT molecular complexity index is 438. The normalized spacial score (nSPS) is 22.9. The maximum Gasteiger partial charge on any atom is 0.0801 e. The third kappa shape index (κ3) is 3.07. The lowest BCUT2D eigenvalue weighted by atomic mass is 10.1. The zero-order chi connectivity index (χ0) is 14.0. The van der Waals surface area contributed by atoms with Crippen molar-refractivity contribution in [1.29, 1.82) is 0 Å². The highest BCUT2D eigenvalue weighted by molar-refractivity contribution is 5.57. The third-order valence-corrected chi connectivity index (χ3v) is 4.12. The van der Waals surface area contributed by atoms with Gasteiger partial charge in [0.15, 0.2) is 0 Å². The zero-order valence-corrected chi connectivity index (χ0v) is 12.6. The van der Waals surface area contributed by atoms with Gasteiger partial charge in [-0.25, -0.2) is 0 Å². The molecule has 0 amide bonds. The SMILES string of the molecule is CC1(C)CN(c2ccc(N3CCNCC3)cc2)CCO1. The molecule has 0 spiro atoms. The quantitative estimate of drug-likeness (QED) is 0.889. The van der Waals surface area contributed by atoms with Crippen LogP contribution in [0.2, 0.25) is 0 Å². The molecule has 0 aromatic heterocycles. The predicted molar refractivity (Wildman–Crippen MR) is 83.8 cm³/mol. The van der Waals surface area contributed by atoms with Crippen LogP contribution in [0.15, 0.2) is 24.3 Å². The first-order valence-electron chi connectivity index (χ1n) is 7.59. The summed E-state index contributed by atoms with van der Waals surface area (Å²) in [5, 5.41) is 3.39. The van der Waals surface area contributed by atoms with E-state index >= 15 is 0 Å². The van der Waals surface area contributed by atoms with Gasteiger partial charge in [-0.2, -0.15) is 0 Å². The van der Waals surface area contributed by atoms with Crippen LogP contribution in [-0.4, -0.2) is 51.5 Å². The second-order valence-electron chi connectivity index (χ2n) is 6.28. The summed E-state index contributed by atoms with van der Waals surface area (Å²) in [5.74, 6) is 0. The second-order valence-corrected chi connectivity index (χ2v) is 6.28. The van der Waals surface area contributed by atoms with Crippen molar-refractivity contribution in [2.24, 2.45) is 0 Å². The summed E-state index contributed by atoms with van der Waals surface area (Å²) in [5.41, 5.74) is 2.60. The zero-order valence-electron chi connectivity index (χ0n) is 12.6. The monoisotopic (exact) mass is 275 g/mol. The average Bonchev–Trinajstić information content (AvgIpc) is 2.47. The smallest absolute Gasteiger partial charge is 0.0801 e. The number of morpholine rings is 1.